The topological polar surface area (TPSA) is 61.1 Å². The van der Waals surface area contributed by atoms with Crippen molar-refractivity contribution in [2.24, 2.45) is 0 Å². The van der Waals surface area contributed by atoms with E-state index in [-0.39, 0.29) is 11.1 Å². The highest BCUT2D eigenvalue weighted by molar-refractivity contribution is 7.98. The highest BCUT2D eigenvalue weighted by atomic mass is 32.2. The maximum absolute atomic E-state index is 13.2. The maximum atomic E-state index is 13.2. The zero-order valence-electron chi connectivity index (χ0n) is 10.3. The molecule has 2 aromatic carbocycles. The monoisotopic (exact) mass is 287 g/mol. The van der Waals surface area contributed by atoms with Gasteiger partial charge in [0.2, 0.25) is 0 Å². The second-order valence-corrected chi connectivity index (χ2v) is 5.10. The standard InChI is InChI=1S/C15H10FNO2S/c16-14-5-4-10(6-12(14)8-17)9-20-13-3-1-2-11(7-13)15(18)19/h1-7H,9H2,(H,18,19). The lowest BCUT2D eigenvalue weighted by molar-refractivity contribution is 0.0696. The SMILES string of the molecule is N#Cc1cc(CSc2cccc(C(=O)O)c2)ccc1F. The van der Waals surface area contributed by atoms with Gasteiger partial charge in [0.05, 0.1) is 11.1 Å². The summed E-state index contributed by atoms with van der Waals surface area (Å²) in [6, 6.07) is 12.8. The molecule has 0 aliphatic carbocycles. The van der Waals surface area contributed by atoms with Crippen molar-refractivity contribution in [1.29, 1.82) is 5.26 Å². The van der Waals surface area contributed by atoms with Crippen LogP contribution in [0.4, 0.5) is 4.39 Å². The lowest BCUT2D eigenvalue weighted by Gasteiger charge is -2.04. The third kappa shape index (κ3) is 3.37. The van der Waals surface area contributed by atoms with E-state index >= 15 is 0 Å². The number of hydrogen-bond donors (Lipinski definition) is 1. The number of carboxylic acid groups (broad SMARTS) is 1. The number of hydrogen-bond acceptors (Lipinski definition) is 3. The van der Waals surface area contributed by atoms with E-state index in [9.17, 15) is 9.18 Å². The average molecular weight is 287 g/mol. The first kappa shape index (κ1) is 14.1. The zero-order chi connectivity index (χ0) is 14.5. The highest BCUT2D eigenvalue weighted by Crippen LogP contribution is 2.24. The first-order chi connectivity index (χ1) is 9.60. The molecule has 0 radical (unpaired) electrons. The fourth-order valence-electron chi connectivity index (χ4n) is 1.63. The molecule has 0 saturated heterocycles. The van der Waals surface area contributed by atoms with E-state index in [0.717, 1.165) is 10.5 Å². The van der Waals surface area contributed by atoms with Crippen molar-refractivity contribution >= 4 is 17.7 Å². The molecule has 0 atom stereocenters. The molecule has 0 amide bonds. The fourth-order valence-corrected chi connectivity index (χ4v) is 2.53. The number of nitriles is 1. The second kappa shape index (κ2) is 6.22. The Labute approximate surface area is 119 Å². The average Bonchev–Trinajstić information content (AvgIpc) is 2.46. The van der Waals surface area contributed by atoms with Crippen molar-refractivity contribution < 1.29 is 14.3 Å². The van der Waals surface area contributed by atoms with Gasteiger partial charge < -0.3 is 5.11 Å². The number of thioether (sulfide) groups is 1. The molecule has 1 N–H and O–H groups in total. The molecule has 0 heterocycles. The van der Waals surface area contributed by atoms with E-state index in [4.69, 9.17) is 10.4 Å². The smallest absolute Gasteiger partial charge is 0.335 e. The van der Waals surface area contributed by atoms with Crippen LogP contribution in [0, 0.1) is 17.1 Å². The molecule has 2 rings (SSSR count). The summed E-state index contributed by atoms with van der Waals surface area (Å²) in [4.78, 5) is 11.7. The van der Waals surface area contributed by atoms with E-state index < -0.39 is 11.8 Å². The third-order valence-corrected chi connectivity index (χ3v) is 3.70. The van der Waals surface area contributed by atoms with Crippen molar-refractivity contribution in [2.75, 3.05) is 0 Å². The molecule has 5 heteroatoms. The molecule has 0 bridgehead atoms. The van der Waals surface area contributed by atoms with E-state index in [0.29, 0.717) is 5.75 Å². The first-order valence-corrected chi connectivity index (χ1v) is 6.73. The van der Waals surface area contributed by atoms with Crippen LogP contribution in [0.5, 0.6) is 0 Å². The number of carbonyl (C=O) groups is 1. The largest absolute Gasteiger partial charge is 0.478 e. The highest BCUT2D eigenvalue weighted by Gasteiger charge is 2.06. The summed E-state index contributed by atoms with van der Waals surface area (Å²) in [5.41, 5.74) is 1.06. The van der Waals surface area contributed by atoms with Crippen LogP contribution in [0.2, 0.25) is 0 Å². The summed E-state index contributed by atoms with van der Waals surface area (Å²) in [5, 5.41) is 17.7. The van der Waals surface area contributed by atoms with Crippen LogP contribution >= 0.6 is 11.8 Å². The molecule has 0 fully saturated rings. The maximum Gasteiger partial charge on any atom is 0.335 e. The summed E-state index contributed by atoms with van der Waals surface area (Å²) < 4.78 is 13.2. The predicted molar refractivity (Wildman–Crippen MR) is 74.1 cm³/mol. The van der Waals surface area contributed by atoms with Crippen LogP contribution in [0.15, 0.2) is 47.4 Å². The van der Waals surface area contributed by atoms with Crippen molar-refractivity contribution in [1.82, 2.24) is 0 Å². The number of nitrogens with zero attached hydrogens (tertiary/aromatic N) is 1. The van der Waals surface area contributed by atoms with E-state index in [1.54, 1.807) is 24.3 Å². The van der Waals surface area contributed by atoms with Gasteiger partial charge in [-0.15, -0.1) is 11.8 Å². The molecule has 0 aromatic heterocycles. The minimum atomic E-state index is -0.971. The van der Waals surface area contributed by atoms with Gasteiger partial charge in [0.25, 0.3) is 0 Å². The van der Waals surface area contributed by atoms with Crippen LogP contribution in [0.3, 0.4) is 0 Å². The number of halogens is 1. The molecule has 0 saturated carbocycles. The van der Waals surface area contributed by atoms with Crippen molar-refractivity contribution in [3.05, 3.63) is 65.0 Å². The van der Waals surface area contributed by atoms with Crippen LogP contribution in [0.1, 0.15) is 21.5 Å². The van der Waals surface area contributed by atoms with Gasteiger partial charge in [0.1, 0.15) is 11.9 Å². The van der Waals surface area contributed by atoms with Gasteiger partial charge in [0.15, 0.2) is 0 Å². The summed E-state index contributed by atoms with van der Waals surface area (Å²) >= 11 is 1.43. The van der Waals surface area contributed by atoms with Gasteiger partial charge in [-0.25, -0.2) is 9.18 Å². The van der Waals surface area contributed by atoms with Gasteiger partial charge in [0, 0.05) is 10.6 Å². The Bertz CT molecular complexity index is 695. The van der Waals surface area contributed by atoms with E-state index in [2.05, 4.69) is 0 Å². The predicted octanol–water partition coefficient (Wildman–Crippen LogP) is 3.69. The van der Waals surface area contributed by atoms with Crippen LogP contribution in [0.25, 0.3) is 0 Å². The third-order valence-electron chi connectivity index (χ3n) is 2.64. The zero-order valence-corrected chi connectivity index (χ0v) is 11.2. The van der Waals surface area contributed by atoms with Crippen molar-refractivity contribution in [3.8, 4) is 6.07 Å². The van der Waals surface area contributed by atoms with Crippen LogP contribution in [-0.2, 0) is 5.75 Å². The summed E-state index contributed by atoms with van der Waals surface area (Å²) in [5.74, 6) is -0.965. The first-order valence-electron chi connectivity index (χ1n) is 5.75. The molecule has 100 valence electrons. The molecule has 0 aliphatic rings. The Kier molecular flexibility index (Phi) is 4.38. The van der Waals surface area contributed by atoms with Gasteiger partial charge in [-0.3, -0.25) is 0 Å². The van der Waals surface area contributed by atoms with Crippen LogP contribution in [-0.4, -0.2) is 11.1 Å². The normalized spacial score (nSPS) is 10.0. The lowest BCUT2D eigenvalue weighted by Crippen LogP contribution is -1.95. The number of aromatic carboxylic acids is 1. The molecule has 20 heavy (non-hydrogen) atoms. The molecular formula is C15H10FNO2S. The lowest BCUT2D eigenvalue weighted by atomic mass is 10.1. The van der Waals surface area contributed by atoms with Gasteiger partial charge >= 0.3 is 5.97 Å². The van der Waals surface area contributed by atoms with E-state index in [1.807, 2.05) is 6.07 Å². The fraction of sp³-hybridized carbons (Fsp3) is 0.0667. The number of rotatable bonds is 4. The molecule has 3 nitrogen and oxygen atoms in total. The Hall–Kier alpha value is -2.32. The second-order valence-electron chi connectivity index (χ2n) is 4.05. The molecule has 0 spiro atoms. The number of benzene rings is 2. The quantitative estimate of drug-likeness (QED) is 0.871. The van der Waals surface area contributed by atoms with Crippen molar-refractivity contribution in [2.45, 2.75) is 10.6 Å². The van der Waals surface area contributed by atoms with Gasteiger partial charge in [-0.1, -0.05) is 12.1 Å². The van der Waals surface area contributed by atoms with Gasteiger partial charge in [-0.05, 0) is 35.9 Å². The minimum Gasteiger partial charge on any atom is -0.478 e. The van der Waals surface area contributed by atoms with E-state index in [1.165, 1.54) is 30.0 Å². The molecular weight excluding hydrogens is 277 g/mol. The molecule has 2 aromatic rings. The number of carboxylic acids is 1. The Balaban J connectivity index is 2.11. The summed E-state index contributed by atoms with van der Waals surface area (Å²) in [7, 11) is 0. The molecule has 0 unspecified atom stereocenters. The Morgan fingerprint density at radius 1 is 1.30 bits per heavy atom. The summed E-state index contributed by atoms with van der Waals surface area (Å²) in [6.45, 7) is 0. The summed E-state index contributed by atoms with van der Waals surface area (Å²) in [6.07, 6.45) is 0. The van der Waals surface area contributed by atoms with Crippen LogP contribution < -0.4 is 0 Å². The van der Waals surface area contributed by atoms with Crippen molar-refractivity contribution in [3.63, 3.8) is 0 Å². The Morgan fingerprint density at radius 2 is 2.10 bits per heavy atom. The molecule has 0 aliphatic heterocycles. The minimum absolute atomic E-state index is 0.0161. The Morgan fingerprint density at radius 3 is 2.80 bits per heavy atom. The van der Waals surface area contributed by atoms with Gasteiger partial charge in [-0.2, -0.15) is 5.26 Å².